The van der Waals surface area contributed by atoms with Crippen LogP contribution >= 0.6 is 0 Å². The van der Waals surface area contributed by atoms with Crippen LogP contribution in [0, 0.1) is 0 Å². The monoisotopic (exact) mass is 250 g/mol. The number of hydrogen-bond acceptors (Lipinski definition) is 4. The van der Waals surface area contributed by atoms with Gasteiger partial charge in [-0.1, -0.05) is 0 Å². The van der Waals surface area contributed by atoms with Crippen molar-refractivity contribution in [3.05, 3.63) is 23.8 Å². The number of benzene rings is 1. The fourth-order valence-corrected chi connectivity index (χ4v) is 2.38. The van der Waals surface area contributed by atoms with Crippen molar-refractivity contribution < 1.29 is 15.0 Å². The number of nitrogens with two attached hydrogens (primary N) is 1. The van der Waals surface area contributed by atoms with Crippen molar-refractivity contribution in [3.8, 4) is 0 Å². The molecule has 1 aromatic rings. The van der Waals surface area contributed by atoms with E-state index in [1.165, 1.54) is 6.07 Å². The second kappa shape index (κ2) is 4.49. The van der Waals surface area contributed by atoms with Gasteiger partial charge in [0.25, 0.3) is 0 Å². The zero-order valence-corrected chi connectivity index (χ0v) is 10.4. The molecule has 0 aliphatic carbocycles. The highest BCUT2D eigenvalue weighted by molar-refractivity contribution is 5.90. The van der Waals surface area contributed by atoms with Crippen molar-refractivity contribution in [1.82, 2.24) is 0 Å². The number of nitrogen functional groups attached to an aromatic ring is 1. The molecule has 1 atom stereocenters. The summed E-state index contributed by atoms with van der Waals surface area (Å²) in [6.45, 7) is 3.04. The Hall–Kier alpha value is -1.75. The standard InChI is InChI=1S/C13H18N2O3/c1-13(18)5-2-6-15(8-13)11-7-9(12(16)17)3-4-10(11)14/h3-4,7,18H,2,5-6,8,14H2,1H3,(H,16,17). The SMILES string of the molecule is CC1(O)CCCN(c2cc(C(=O)O)ccc2N)C1. The van der Waals surface area contributed by atoms with Crippen LogP contribution < -0.4 is 10.6 Å². The number of carboxylic acid groups (broad SMARTS) is 1. The van der Waals surface area contributed by atoms with Crippen molar-refractivity contribution in [2.24, 2.45) is 0 Å². The Morgan fingerprint density at radius 2 is 2.22 bits per heavy atom. The van der Waals surface area contributed by atoms with Crippen molar-refractivity contribution in [2.75, 3.05) is 23.7 Å². The van der Waals surface area contributed by atoms with Crippen LogP contribution in [-0.2, 0) is 0 Å². The number of carbonyl (C=O) groups is 1. The van der Waals surface area contributed by atoms with Gasteiger partial charge in [-0.2, -0.15) is 0 Å². The van der Waals surface area contributed by atoms with Gasteiger partial charge in [-0.3, -0.25) is 0 Å². The van der Waals surface area contributed by atoms with Gasteiger partial charge in [-0.25, -0.2) is 4.79 Å². The third-order valence-electron chi connectivity index (χ3n) is 3.29. The van der Waals surface area contributed by atoms with E-state index in [1.54, 1.807) is 19.1 Å². The fraction of sp³-hybridized carbons (Fsp3) is 0.462. The summed E-state index contributed by atoms with van der Waals surface area (Å²) in [5.41, 5.74) is 6.59. The molecule has 18 heavy (non-hydrogen) atoms. The molecule has 1 aromatic carbocycles. The molecule has 1 aliphatic heterocycles. The molecule has 0 bridgehead atoms. The van der Waals surface area contributed by atoms with Gasteiger partial charge in [0.15, 0.2) is 0 Å². The van der Waals surface area contributed by atoms with E-state index in [1.807, 2.05) is 4.90 Å². The highest BCUT2D eigenvalue weighted by Crippen LogP contribution is 2.30. The van der Waals surface area contributed by atoms with Gasteiger partial charge in [0.2, 0.25) is 0 Å². The lowest BCUT2D eigenvalue weighted by molar-refractivity contribution is 0.0450. The Morgan fingerprint density at radius 3 is 2.83 bits per heavy atom. The zero-order chi connectivity index (χ0) is 13.3. The van der Waals surface area contributed by atoms with E-state index in [0.717, 1.165) is 19.4 Å². The Labute approximate surface area is 106 Å². The predicted molar refractivity (Wildman–Crippen MR) is 69.9 cm³/mol. The van der Waals surface area contributed by atoms with E-state index in [0.29, 0.717) is 17.9 Å². The minimum Gasteiger partial charge on any atom is -0.478 e. The van der Waals surface area contributed by atoms with Crippen LogP contribution in [0.2, 0.25) is 0 Å². The quantitative estimate of drug-likeness (QED) is 0.689. The van der Waals surface area contributed by atoms with Gasteiger partial charge >= 0.3 is 5.97 Å². The van der Waals surface area contributed by atoms with E-state index >= 15 is 0 Å². The van der Waals surface area contributed by atoms with E-state index in [2.05, 4.69) is 0 Å². The second-order valence-electron chi connectivity index (χ2n) is 5.10. The maximum absolute atomic E-state index is 11.0. The van der Waals surface area contributed by atoms with Crippen LogP contribution in [-0.4, -0.2) is 34.9 Å². The molecule has 5 heteroatoms. The number of nitrogens with zero attached hydrogens (tertiary/aromatic N) is 1. The van der Waals surface area contributed by atoms with E-state index in [4.69, 9.17) is 10.8 Å². The Balaban J connectivity index is 2.32. The summed E-state index contributed by atoms with van der Waals surface area (Å²) in [6, 6.07) is 4.66. The van der Waals surface area contributed by atoms with E-state index in [9.17, 15) is 9.90 Å². The molecule has 0 amide bonds. The molecule has 2 rings (SSSR count). The number of aromatic carboxylic acids is 1. The van der Waals surface area contributed by atoms with Gasteiger partial charge in [-0.05, 0) is 38.0 Å². The van der Waals surface area contributed by atoms with Crippen molar-refractivity contribution in [3.63, 3.8) is 0 Å². The van der Waals surface area contributed by atoms with Crippen molar-refractivity contribution in [2.45, 2.75) is 25.4 Å². The van der Waals surface area contributed by atoms with Gasteiger partial charge in [0.1, 0.15) is 0 Å². The van der Waals surface area contributed by atoms with Crippen molar-refractivity contribution in [1.29, 1.82) is 0 Å². The molecule has 0 spiro atoms. The number of aliphatic hydroxyl groups is 1. The Bertz CT molecular complexity index is 471. The largest absolute Gasteiger partial charge is 0.478 e. The number of hydrogen-bond donors (Lipinski definition) is 3. The lowest BCUT2D eigenvalue weighted by Crippen LogP contribution is -2.46. The number of anilines is 2. The Kier molecular flexibility index (Phi) is 3.17. The zero-order valence-electron chi connectivity index (χ0n) is 10.4. The Morgan fingerprint density at radius 1 is 1.50 bits per heavy atom. The molecule has 0 saturated carbocycles. The van der Waals surface area contributed by atoms with E-state index in [-0.39, 0.29) is 5.56 Å². The van der Waals surface area contributed by atoms with Gasteiger partial charge < -0.3 is 20.8 Å². The average Bonchev–Trinajstić information content (AvgIpc) is 2.27. The lowest BCUT2D eigenvalue weighted by Gasteiger charge is -2.38. The fourth-order valence-electron chi connectivity index (χ4n) is 2.38. The lowest BCUT2D eigenvalue weighted by atomic mass is 9.94. The molecule has 98 valence electrons. The first-order valence-corrected chi connectivity index (χ1v) is 5.99. The minimum absolute atomic E-state index is 0.212. The van der Waals surface area contributed by atoms with Crippen LogP contribution in [0.5, 0.6) is 0 Å². The van der Waals surface area contributed by atoms with Gasteiger partial charge in [-0.15, -0.1) is 0 Å². The number of β-amino-alcohol motifs (C(OH)–C–C–N with tert-alkyl or cyclic N) is 1. The van der Waals surface area contributed by atoms with E-state index < -0.39 is 11.6 Å². The highest BCUT2D eigenvalue weighted by atomic mass is 16.4. The third kappa shape index (κ3) is 2.56. The summed E-state index contributed by atoms with van der Waals surface area (Å²) in [5.74, 6) is -0.972. The minimum atomic E-state index is -0.972. The smallest absolute Gasteiger partial charge is 0.335 e. The average molecular weight is 250 g/mol. The molecule has 0 radical (unpaired) electrons. The van der Waals surface area contributed by atoms with Crippen molar-refractivity contribution >= 4 is 17.3 Å². The molecule has 1 saturated heterocycles. The molecule has 1 fully saturated rings. The summed E-state index contributed by atoms with van der Waals surface area (Å²) in [6.07, 6.45) is 1.62. The molecule has 1 aliphatic rings. The van der Waals surface area contributed by atoms with Crippen LogP contribution in [0.15, 0.2) is 18.2 Å². The molecule has 4 N–H and O–H groups in total. The predicted octanol–water partition coefficient (Wildman–Crippen LogP) is 1.32. The first kappa shape index (κ1) is 12.7. The second-order valence-corrected chi connectivity index (χ2v) is 5.10. The number of rotatable bonds is 2. The molecular formula is C13H18N2O3. The van der Waals surface area contributed by atoms with Gasteiger partial charge in [0, 0.05) is 13.1 Å². The first-order valence-electron chi connectivity index (χ1n) is 5.99. The summed E-state index contributed by atoms with van der Waals surface area (Å²) in [5, 5.41) is 19.1. The van der Waals surface area contributed by atoms with Crippen LogP contribution in [0.4, 0.5) is 11.4 Å². The number of carboxylic acids is 1. The summed E-state index contributed by atoms with van der Waals surface area (Å²) >= 11 is 0. The maximum atomic E-state index is 11.0. The summed E-state index contributed by atoms with van der Waals surface area (Å²) in [4.78, 5) is 12.9. The maximum Gasteiger partial charge on any atom is 0.335 e. The number of piperidine rings is 1. The molecule has 1 unspecified atom stereocenters. The first-order chi connectivity index (χ1) is 8.39. The van der Waals surface area contributed by atoms with Crippen LogP contribution in [0.25, 0.3) is 0 Å². The highest BCUT2D eigenvalue weighted by Gasteiger charge is 2.29. The molecular weight excluding hydrogens is 232 g/mol. The topological polar surface area (TPSA) is 86.8 Å². The summed E-state index contributed by atoms with van der Waals surface area (Å²) < 4.78 is 0. The van der Waals surface area contributed by atoms with Crippen LogP contribution in [0.1, 0.15) is 30.1 Å². The third-order valence-corrected chi connectivity index (χ3v) is 3.29. The van der Waals surface area contributed by atoms with Gasteiger partial charge in [0.05, 0.1) is 22.5 Å². The normalized spacial score (nSPS) is 24.0. The van der Waals surface area contributed by atoms with Crippen LogP contribution in [0.3, 0.4) is 0 Å². The molecule has 0 aromatic heterocycles. The molecule has 1 heterocycles. The summed E-state index contributed by atoms with van der Waals surface area (Å²) in [7, 11) is 0. The molecule has 5 nitrogen and oxygen atoms in total.